The first-order valence-corrected chi connectivity index (χ1v) is 11.0. The molecule has 0 aliphatic carbocycles. The zero-order chi connectivity index (χ0) is 24.2. The van der Waals surface area contributed by atoms with Crippen LogP contribution < -0.4 is 10.4 Å². The standard InChI is InChI=1S/C25H24ClN5O3/c1-16-6-5-7-22(31-25(32)30(3)28-29-31)21(16)15-34-23-13-10-19(14-17(23)2)24(27-33-4)18-8-11-20(26)12-9-18/h5-14H,15H2,1-4H3/b27-24-. The number of rotatable bonds is 7. The van der Waals surface area contributed by atoms with Gasteiger partial charge in [-0.15, -0.1) is 0 Å². The van der Waals surface area contributed by atoms with Gasteiger partial charge in [0.2, 0.25) is 0 Å². The van der Waals surface area contributed by atoms with Gasteiger partial charge in [-0.25, -0.2) is 4.79 Å². The lowest BCUT2D eigenvalue weighted by molar-refractivity contribution is 0.214. The summed E-state index contributed by atoms with van der Waals surface area (Å²) in [7, 11) is 3.08. The highest BCUT2D eigenvalue weighted by molar-refractivity contribution is 6.30. The molecular weight excluding hydrogens is 454 g/mol. The number of aromatic nitrogens is 4. The molecule has 0 radical (unpaired) electrons. The van der Waals surface area contributed by atoms with Crippen molar-refractivity contribution < 1.29 is 9.57 Å². The van der Waals surface area contributed by atoms with Gasteiger partial charge >= 0.3 is 5.69 Å². The summed E-state index contributed by atoms with van der Waals surface area (Å²) in [6, 6.07) is 18.9. The Morgan fingerprint density at radius 3 is 2.38 bits per heavy atom. The van der Waals surface area contributed by atoms with Crippen molar-refractivity contribution in [3.8, 4) is 11.4 Å². The van der Waals surface area contributed by atoms with E-state index in [1.807, 2.05) is 74.5 Å². The fraction of sp³-hybridized carbons (Fsp3) is 0.200. The maximum atomic E-state index is 12.4. The average molecular weight is 478 g/mol. The Morgan fingerprint density at radius 2 is 1.74 bits per heavy atom. The van der Waals surface area contributed by atoms with E-state index in [9.17, 15) is 4.79 Å². The lowest BCUT2D eigenvalue weighted by Gasteiger charge is -2.15. The zero-order valence-electron chi connectivity index (χ0n) is 19.3. The molecule has 4 aromatic rings. The maximum Gasteiger partial charge on any atom is 0.368 e. The average Bonchev–Trinajstić information content (AvgIpc) is 3.16. The van der Waals surface area contributed by atoms with Crippen LogP contribution in [0.3, 0.4) is 0 Å². The van der Waals surface area contributed by atoms with Crippen molar-refractivity contribution in [2.45, 2.75) is 20.5 Å². The monoisotopic (exact) mass is 477 g/mol. The molecule has 9 heteroatoms. The Balaban J connectivity index is 1.61. The third-order valence-electron chi connectivity index (χ3n) is 5.46. The molecule has 0 amide bonds. The van der Waals surface area contributed by atoms with Crippen LogP contribution in [-0.4, -0.2) is 32.6 Å². The molecule has 0 saturated carbocycles. The predicted molar refractivity (Wildman–Crippen MR) is 131 cm³/mol. The number of hydrogen-bond acceptors (Lipinski definition) is 6. The summed E-state index contributed by atoms with van der Waals surface area (Å²) in [5.74, 6) is 0.720. The van der Waals surface area contributed by atoms with Gasteiger partial charge in [0.25, 0.3) is 0 Å². The molecule has 0 fully saturated rings. The van der Waals surface area contributed by atoms with Crippen LogP contribution >= 0.6 is 11.6 Å². The number of nitrogens with zero attached hydrogens (tertiary/aromatic N) is 5. The van der Waals surface area contributed by atoms with Gasteiger partial charge in [-0.3, -0.25) is 0 Å². The largest absolute Gasteiger partial charge is 0.489 e. The number of oxime groups is 1. The van der Waals surface area contributed by atoms with Gasteiger partial charge in [0, 0.05) is 28.8 Å². The minimum Gasteiger partial charge on any atom is -0.489 e. The van der Waals surface area contributed by atoms with E-state index in [4.69, 9.17) is 21.2 Å². The minimum absolute atomic E-state index is 0.265. The van der Waals surface area contributed by atoms with E-state index >= 15 is 0 Å². The van der Waals surface area contributed by atoms with E-state index in [0.717, 1.165) is 33.6 Å². The first kappa shape index (κ1) is 23.3. The molecule has 1 aromatic heterocycles. The summed E-state index contributed by atoms with van der Waals surface area (Å²) >= 11 is 6.03. The SMILES string of the molecule is CO/N=C(/c1ccc(Cl)cc1)c1ccc(OCc2c(C)cccc2-n2nnn(C)c2=O)c(C)c1. The highest BCUT2D eigenvalue weighted by atomic mass is 35.5. The lowest BCUT2D eigenvalue weighted by Crippen LogP contribution is -2.23. The Kier molecular flexibility index (Phi) is 6.79. The summed E-state index contributed by atoms with van der Waals surface area (Å²) in [5.41, 5.74) is 5.57. The molecule has 0 aliphatic rings. The summed E-state index contributed by atoms with van der Waals surface area (Å²) in [5, 5.41) is 12.6. The maximum absolute atomic E-state index is 12.4. The van der Waals surface area contributed by atoms with E-state index in [1.54, 1.807) is 7.05 Å². The number of tetrazole rings is 1. The highest BCUT2D eigenvalue weighted by Crippen LogP contribution is 2.25. The first-order chi connectivity index (χ1) is 16.4. The van der Waals surface area contributed by atoms with Gasteiger partial charge in [0.15, 0.2) is 0 Å². The van der Waals surface area contributed by atoms with Crippen molar-refractivity contribution in [3.05, 3.63) is 104 Å². The topological polar surface area (TPSA) is 83.5 Å². The molecule has 0 spiro atoms. The van der Waals surface area contributed by atoms with Crippen LogP contribution in [0.4, 0.5) is 0 Å². The Bertz CT molecular complexity index is 1410. The molecule has 4 rings (SSSR count). The molecule has 0 unspecified atom stereocenters. The quantitative estimate of drug-likeness (QED) is 0.294. The van der Waals surface area contributed by atoms with Crippen molar-refractivity contribution in [3.63, 3.8) is 0 Å². The van der Waals surface area contributed by atoms with Gasteiger partial charge in [0.1, 0.15) is 25.2 Å². The van der Waals surface area contributed by atoms with E-state index in [-0.39, 0.29) is 12.3 Å². The van der Waals surface area contributed by atoms with E-state index in [0.29, 0.717) is 16.4 Å². The van der Waals surface area contributed by atoms with Crippen molar-refractivity contribution >= 4 is 17.3 Å². The van der Waals surface area contributed by atoms with Crippen LogP contribution in [0.2, 0.25) is 5.02 Å². The van der Waals surface area contributed by atoms with Crippen molar-refractivity contribution in [2.75, 3.05) is 7.11 Å². The van der Waals surface area contributed by atoms with Gasteiger partial charge in [-0.05, 0) is 71.8 Å². The molecule has 8 nitrogen and oxygen atoms in total. The first-order valence-electron chi connectivity index (χ1n) is 10.6. The van der Waals surface area contributed by atoms with Gasteiger partial charge in [-0.1, -0.05) is 41.0 Å². The minimum atomic E-state index is -0.320. The Hall–Kier alpha value is -3.91. The molecule has 0 saturated heterocycles. The van der Waals surface area contributed by atoms with Crippen molar-refractivity contribution in [2.24, 2.45) is 12.2 Å². The van der Waals surface area contributed by atoms with Crippen LogP contribution in [0.25, 0.3) is 5.69 Å². The Morgan fingerprint density at radius 1 is 1.00 bits per heavy atom. The smallest absolute Gasteiger partial charge is 0.368 e. The number of halogens is 1. The third-order valence-corrected chi connectivity index (χ3v) is 5.71. The highest BCUT2D eigenvalue weighted by Gasteiger charge is 2.15. The number of ether oxygens (including phenoxy) is 1. The van der Waals surface area contributed by atoms with Gasteiger partial charge in [0.05, 0.1) is 5.69 Å². The summed E-state index contributed by atoms with van der Waals surface area (Å²) in [6.45, 7) is 4.21. The zero-order valence-corrected chi connectivity index (χ0v) is 20.1. The molecule has 34 heavy (non-hydrogen) atoms. The fourth-order valence-corrected chi connectivity index (χ4v) is 3.74. The second kappa shape index (κ2) is 9.93. The molecule has 0 atom stereocenters. The van der Waals surface area contributed by atoms with E-state index < -0.39 is 0 Å². The Labute approximate surface area is 202 Å². The van der Waals surface area contributed by atoms with E-state index in [1.165, 1.54) is 16.5 Å². The van der Waals surface area contributed by atoms with Gasteiger partial charge < -0.3 is 9.57 Å². The van der Waals surface area contributed by atoms with E-state index in [2.05, 4.69) is 15.6 Å². The second-order valence-electron chi connectivity index (χ2n) is 7.77. The van der Waals surface area contributed by atoms with Crippen molar-refractivity contribution in [1.82, 2.24) is 19.8 Å². The van der Waals surface area contributed by atoms with Crippen LogP contribution in [0, 0.1) is 13.8 Å². The van der Waals surface area contributed by atoms with Crippen LogP contribution in [0.5, 0.6) is 5.75 Å². The number of benzene rings is 3. The predicted octanol–water partition coefficient (Wildman–Crippen LogP) is 4.21. The lowest BCUT2D eigenvalue weighted by atomic mass is 10.0. The number of aryl methyl sites for hydroxylation is 3. The fourth-order valence-electron chi connectivity index (χ4n) is 3.62. The third kappa shape index (κ3) is 4.72. The summed E-state index contributed by atoms with van der Waals surface area (Å²) in [6.07, 6.45) is 0. The molecule has 0 N–H and O–H groups in total. The summed E-state index contributed by atoms with van der Waals surface area (Å²) in [4.78, 5) is 17.5. The molecule has 0 bridgehead atoms. The van der Waals surface area contributed by atoms with Crippen molar-refractivity contribution in [1.29, 1.82) is 0 Å². The number of hydrogen-bond donors (Lipinski definition) is 0. The van der Waals surface area contributed by atoms with Crippen LogP contribution in [-0.2, 0) is 18.5 Å². The molecule has 1 heterocycles. The normalized spacial score (nSPS) is 11.5. The van der Waals surface area contributed by atoms with Gasteiger partial charge in [-0.2, -0.15) is 9.36 Å². The molecule has 0 aliphatic heterocycles. The summed E-state index contributed by atoms with van der Waals surface area (Å²) < 4.78 is 8.64. The molecule has 3 aromatic carbocycles. The molecule has 174 valence electrons. The van der Waals surface area contributed by atoms with Crippen LogP contribution in [0.1, 0.15) is 27.8 Å². The van der Waals surface area contributed by atoms with Crippen LogP contribution in [0.15, 0.2) is 70.6 Å². The second-order valence-corrected chi connectivity index (χ2v) is 8.20. The molecular formula is C25H24ClN5O3.